The van der Waals surface area contributed by atoms with Crippen molar-refractivity contribution < 1.29 is 27.9 Å². The lowest BCUT2D eigenvalue weighted by Crippen LogP contribution is -2.37. The Morgan fingerprint density at radius 3 is 2.17 bits per heavy atom. The van der Waals surface area contributed by atoms with E-state index in [4.69, 9.17) is 15.6 Å². The second-order valence-electron chi connectivity index (χ2n) is 6.25. The summed E-state index contributed by atoms with van der Waals surface area (Å²) in [6, 6.07) is 5.95. The number of primary amides is 1. The van der Waals surface area contributed by atoms with E-state index in [1.54, 1.807) is 0 Å². The van der Waals surface area contributed by atoms with Gasteiger partial charge >= 0.3 is 12.1 Å². The van der Waals surface area contributed by atoms with Crippen LogP contribution in [0, 0.1) is 5.41 Å². The maximum absolute atomic E-state index is 11.2. The van der Waals surface area contributed by atoms with E-state index < -0.39 is 12.1 Å². The Morgan fingerprint density at radius 1 is 1.12 bits per heavy atom. The molecule has 4 N–H and O–H groups in total. The average molecular weight is 344 g/mol. The van der Waals surface area contributed by atoms with Gasteiger partial charge in [0.15, 0.2) is 0 Å². The maximum atomic E-state index is 11.2. The van der Waals surface area contributed by atoms with Crippen LogP contribution >= 0.6 is 0 Å². The zero-order valence-electron chi connectivity index (χ0n) is 12.9. The number of amides is 1. The quantitative estimate of drug-likeness (QED) is 0.725. The molecule has 1 aliphatic heterocycles. The van der Waals surface area contributed by atoms with Crippen LogP contribution in [0.2, 0.25) is 0 Å². The van der Waals surface area contributed by atoms with Crippen molar-refractivity contribution in [3.8, 4) is 0 Å². The predicted molar refractivity (Wildman–Crippen MR) is 80.6 cm³/mol. The summed E-state index contributed by atoms with van der Waals surface area (Å²) in [6.45, 7) is 2.24. The third kappa shape index (κ3) is 4.25. The summed E-state index contributed by atoms with van der Waals surface area (Å²) in [5.41, 5.74) is 9.18. The van der Waals surface area contributed by atoms with Gasteiger partial charge in [-0.2, -0.15) is 13.2 Å². The number of hydrogen-bond donors (Lipinski definition) is 3. The lowest BCUT2D eigenvalue weighted by molar-refractivity contribution is -0.192. The van der Waals surface area contributed by atoms with Crippen molar-refractivity contribution in [3.63, 3.8) is 0 Å². The van der Waals surface area contributed by atoms with Gasteiger partial charge in [0.25, 0.3) is 0 Å². The van der Waals surface area contributed by atoms with Crippen molar-refractivity contribution in [3.05, 3.63) is 34.9 Å². The number of carboxylic acid groups (broad SMARTS) is 1. The van der Waals surface area contributed by atoms with Crippen LogP contribution in [0.4, 0.5) is 13.2 Å². The van der Waals surface area contributed by atoms with Crippen LogP contribution in [0.15, 0.2) is 18.2 Å². The van der Waals surface area contributed by atoms with Gasteiger partial charge in [0.2, 0.25) is 5.91 Å². The fourth-order valence-corrected chi connectivity index (χ4v) is 3.30. The smallest absolute Gasteiger partial charge is 0.475 e. The molecule has 0 atom stereocenters. The number of benzene rings is 1. The monoisotopic (exact) mass is 344 g/mol. The molecule has 1 amide bonds. The van der Waals surface area contributed by atoms with Gasteiger partial charge in [-0.1, -0.05) is 6.07 Å². The predicted octanol–water partition coefficient (Wildman–Crippen LogP) is 1.89. The number of hydrogen-bond acceptors (Lipinski definition) is 3. The lowest BCUT2D eigenvalue weighted by atomic mass is 9.76. The molecule has 1 fully saturated rings. The first kappa shape index (κ1) is 18.3. The summed E-state index contributed by atoms with van der Waals surface area (Å²) >= 11 is 0. The van der Waals surface area contributed by atoms with E-state index in [9.17, 15) is 18.0 Å². The number of carbonyl (C=O) groups excluding carboxylic acids is 1. The zero-order chi connectivity index (χ0) is 18.0. The van der Waals surface area contributed by atoms with Crippen molar-refractivity contribution in [2.24, 2.45) is 11.1 Å². The number of carbonyl (C=O) groups is 2. The molecule has 1 aliphatic carbocycles. The van der Waals surface area contributed by atoms with Gasteiger partial charge in [0.1, 0.15) is 0 Å². The Labute approximate surface area is 137 Å². The molecular weight excluding hydrogens is 325 g/mol. The summed E-state index contributed by atoms with van der Waals surface area (Å²) < 4.78 is 31.7. The van der Waals surface area contributed by atoms with Crippen LogP contribution in [0.25, 0.3) is 0 Å². The first-order valence-electron chi connectivity index (χ1n) is 7.55. The Balaban J connectivity index is 0.000000256. The van der Waals surface area contributed by atoms with Gasteiger partial charge in [-0.05, 0) is 67.4 Å². The SMILES string of the molecule is NC(=O)c1ccc2c(c1)CC1(CCNCC1)C2.O=C(O)C(F)(F)F. The number of nitrogens with two attached hydrogens (primary N) is 1. The fourth-order valence-electron chi connectivity index (χ4n) is 3.30. The molecule has 1 heterocycles. The molecule has 24 heavy (non-hydrogen) atoms. The first-order chi connectivity index (χ1) is 11.1. The number of aliphatic carboxylic acids is 1. The molecule has 8 heteroatoms. The highest BCUT2D eigenvalue weighted by molar-refractivity contribution is 5.93. The minimum absolute atomic E-state index is 0.320. The van der Waals surface area contributed by atoms with Crippen molar-refractivity contribution >= 4 is 11.9 Å². The van der Waals surface area contributed by atoms with E-state index in [2.05, 4.69) is 11.4 Å². The highest BCUT2D eigenvalue weighted by atomic mass is 19.4. The normalized spacial score (nSPS) is 18.5. The molecule has 0 bridgehead atoms. The molecule has 132 valence electrons. The third-order valence-corrected chi connectivity index (χ3v) is 4.53. The second-order valence-corrected chi connectivity index (χ2v) is 6.25. The third-order valence-electron chi connectivity index (χ3n) is 4.53. The molecule has 1 aromatic rings. The molecule has 5 nitrogen and oxygen atoms in total. The van der Waals surface area contributed by atoms with Crippen molar-refractivity contribution in [2.45, 2.75) is 31.9 Å². The van der Waals surface area contributed by atoms with Gasteiger partial charge in [-0.15, -0.1) is 0 Å². The minimum atomic E-state index is -5.08. The molecule has 0 radical (unpaired) electrons. The van der Waals surface area contributed by atoms with Gasteiger partial charge in [-0.25, -0.2) is 4.79 Å². The van der Waals surface area contributed by atoms with Crippen LogP contribution in [-0.2, 0) is 17.6 Å². The summed E-state index contributed by atoms with van der Waals surface area (Å²) in [7, 11) is 0. The standard InChI is InChI=1S/C14H18N2O.C2HF3O2/c15-13(17)10-1-2-11-8-14(9-12(11)7-10)3-5-16-6-4-14;3-2(4,5)1(6)7/h1-2,7,16H,3-6,8-9H2,(H2,15,17);(H,6,7). The topological polar surface area (TPSA) is 92.4 Å². The molecule has 2 aliphatic rings. The lowest BCUT2D eigenvalue weighted by Gasteiger charge is -2.33. The number of nitrogens with one attached hydrogen (secondary N) is 1. The number of fused-ring (bicyclic) bond motifs is 1. The van der Waals surface area contributed by atoms with Crippen LogP contribution in [0.5, 0.6) is 0 Å². The van der Waals surface area contributed by atoms with Crippen LogP contribution in [0.3, 0.4) is 0 Å². The van der Waals surface area contributed by atoms with E-state index in [1.807, 2.05) is 12.1 Å². The van der Waals surface area contributed by atoms with E-state index in [0.29, 0.717) is 11.0 Å². The molecule has 1 saturated heterocycles. The molecule has 1 aromatic carbocycles. The number of rotatable bonds is 1. The van der Waals surface area contributed by atoms with Crippen molar-refractivity contribution in [2.75, 3.05) is 13.1 Å². The highest BCUT2D eigenvalue weighted by Crippen LogP contribution is 2.43. The Kier molecular flexibility index (Phi) is 5.17. The molecule has 0 saturated carbocycles. The van der Waals surface area contributed by atoms with E-state index in [0.717, 1.165) is 19.5 Å². The average Bonchev–Trinajstić information content (AvgIpc) is 2.83. The Morgan fingerprint density at radius 2 is 1.67 bits per heavy atom. The van der Waals surface area contributed by atoms with Crippen molar-refractivity contribution in [1.82, 2.24) is 5.32 Å². The maximum Gasteiger partial charge on any atom is 0.490 e. The minimum Gasteiger partial charge on any atom is -0.475 e. The molecule has 0 unspecified atom stereocenters. The highest BCUT2D eigenvalue weighted by Gasteiger charge is 2.38. The molecular formula is C16H19F3N2O3. The fraction of sp³-hybridized carbons (Fsp3) is 0.500. The van der Waals surface area contributed by atoms with Gasteiger partial charge in [0, 0.05) is 5.56 Å². The summed E-state index contributed by atoms with van der Waals surface area (Å²) in [6.07, 6.45) is -0.310. The molecule has 1 spiro atoms. The van der Waals surface area contributed by atoms with Crippen LogP contribution in [-0.4, -0.2) is 36.2 Å². The van der Waals surface area contributed by atoms with Crippen LogP contribution in [0.1, 0.15) is 34.3 Å². The number of halogens is 3. The van der Waals surface area contributed by atoms with Gasteiger partial charge in [0.05, 0.1) is 0 Å². The van der Waals surface area contributed by atoms with E-state index >= 15 is 0 Å². The van der Waals surface area contributed by atoms with Gasteiger partial charge in [-0.3, -0.25) is 4.79 Å². The van der Waals surface area contributed by atoms with Gasteiger partial charge < -0.3 is 16.2 Å². The van der Waals surface area contributed by atoms with E-state index in [-0.39, 0.29) is 5.91 Å². The molecule has 3 rings (SSSR count). The van der Waals surface area contributed by atoms with Crippen LogP contribution < -0.4 is 11.1 Å². The largest absolute Gasteiger partial charge is 0.490 e. The Hall–Kier alpha value is -2.09. The molecule has 0 aromatic heterocycles. The first-order valence-corrected chi connectivity index (χ1v) is 7.55. The summed E-state index contributed by atoms with van der Waals surface area (Å²) in [5, 5.41) is 10.5. The Bertz CT molecular complexity index is 638. The number of alkyl halides is 3. The summed E-state index contributed by atoms with van der Waals surface area (Å²) in [4.78, 5) is 20.1. The summed E-state index contributed by atoms with van der Waals surface area (Å²) in [5.74, 6) is -3.08. The zero-order valence-corrected chi connectivity index (χ0v) is 12.9. The van der Waals surface area contributed by atoms with Crippen molar-refractivity contribution in [1.29, 1.82) is 0 Å². The number of carboxylic acids is 1. The van der Waals surface area contributed by atoms with E-state index in [1.165, 1.54) is 30.4 Å². The second kappa shape index (κ2) is 6.80. The number of piperidine rings is 1.